The zero-order valence-electron chi connectivity index (χ0n) is 23.8. The van der Waals surface area contributed by atoms with Gasteiger partial charge in [-0.3, -0.25) is 19.3 Å². The molecule has 3 aromatic carbocycles. The van der Waals surface area contributed by atoms with Gasteiger partial charge in [-0.15, -0.1) is 0 Å². The highest BCUT2D eigenvalue weighted by Gasteiger charge is 2.66. The van der Waals surface area contributed by atoms with E-state index in [4.69, 9.17) is 9.15 Å². The van der Waals surface area contributed by atoms with Crippen molar-refractivity contribution in [3.63, 3.8) is 0 Å². The molecule has 0 fully saturated rings. The van der Waals surface area contributed by atoms with E-state index in [1.807, 2.05) is 37.3 Å². The first kappa shape index (κ1) is 27.5. The van der Waals surface area contributed by atoms with Crippen LogP contribution in [0.5, 0.6) is 0 Å². The highest BCUT2D eigenvalue weighted by molar-refractivity contribution is 7.17. The van der Waals surface area contributed by atoms with E-state index in [1.54, 1.807) is 54.3 Å². The summed E-state index contributed by atoms with van der Waals surface area (Å²) in [5.74, 6) is -2.08. The molecule has 1 atom stereocenters. The van der Waals surface area contributed by atoms with Crippen LogP contribution >= 0.6 is 11.3 Å². The lowest BCUT2D eigenvalue weighted by Gasteiger charge is -2.32. The molecule has 10 heteroatoms. The first-order chi connectivity index (χ1) is 21.3. The topological polar surface area (TPSA) is 110 Å². The van der Waals surface area contributed by atoms with Gasteiger partial charge in [0.25, 0.3) is 11.8 Å². The summed E-state index contributed by atoms with van der Waals surface area (Å²) in [5.41, 5.74) is 0.942. The number of fused-ring (bicyclic) bond motifs is 5. The lowest BCUT2D eigenvalue weighted by molar-refractivity contribution is -0.121. The summed E-state index contributed by atoms with van der Waals surface area (Å²) in [5, 5.41) is 0.306. The van der Waals surface area contributed by atoms with Crippen molar-refractivity contribution in [1.82, 2.24) is 4.98 Å². The molecule has 0 saturated carbocycles. The fourth-order valence-electron chi connectivity index (χ4n) is 6.09. The van der Waals surface area contributed by atoms with Crippen LogP contribution < -0.4 is 15.2 Å². The number of aryl methyl sites for hydroxylation is 2. The molecule has 1 unspecified atom stereocenters. The minimum absolute atomic E-state index is 0.00569. The molecule has 2 aromatic heterocycles. The predicted octanol–water partition coefficient (Wildman–Crippen LogP) is 5.66. The fourth-order valence-corrected chi connectivity index (χ4v) is 7.10. The number of hydrogen-bond acceptors (Lipinski definition) is 8. The molecule has 0 bridgehead atoms. The Hall–Kier alpha value is -5.35. The van der Waals surface area contributed by atoms with Gasteiger partial charge in [0.15, 0.2) is 16.1 Å². The van der Waals surface area contributed by atoms with Gasteiger partial charge in [0, 0.05) is 5.56 Å². The average molecular weight is 604 g/mol. The first-order valence-corrected chi connectivity index (χ1v) is 14.7. The Balaban J connectivity index is 1.52. The maximum atomic E-state index is 15.1. The van der Waals surface area contributed by atoms with Crippen molar-refractivity contribution >= 4 is 50.9 Å². The van der Waals surface area contributed by atoms with E-state index in [2.05, 4.69) is 11.6 Å². The van der Waals surface area contributed by atoms with E-state index in [0.717, 1.165) is 22.5 Å². The molecule has 0 aliphatic carbocycles. The van der Waals surface area contributed by atoms with Crippen molar-refractivity contribution in [2.45, 2.75) is 25.9 Å². The molecule has 2 amide bonds. The number of carbonyl (C=O) groups excluding carboxylic acids is 3. The van der Waals surface area contributed by atoms with Crippen LogP contribution in [0.3, 0.4) is 0 Å². The maximum absolute atomic E-state index is 15.1. The monoisotopic (exact) mass is 603 g/mol. The number of esters is 1. The third kappa shape index (κ3) is 3.74. The van der Waals surface area contributed by atoms with Gasteiger partial charge >= 0.3 is 5.97 Å². The third-order valence-corrected chi connectivity index (χ3v) is 9.24. The van der Waals surface area contributed by atoms with Gasteiger partial charge in [0.05, 0.1) is 28.9 Å². The number of aromatic nitrogens is 1. The summed E-state index contributed by atoms with van der Waals surface area (Å²) in [6, 6.07) is 21.5. The van der Waals surface area contributed by atoms with Crippen LogP contribution in [0.2, 0.25) is 0 Å². The first-order valence-electron chi connectivity index (χ1n) is 13.9. The van der Waals surface area contributed by atoms with Crippen LogP contribution in [0.1, 0.15) is 48.2 Å². The average Bonchev–Trinajstić information content (AvgIpc) is 3.62. The molecule has 0 N–H and O–H groups in total. The second-order valence-corrected chi connectivity index (χ2v) is 11.6. The Morgan fingerprint density at radius 2 is 1.75 bits per heavy atom. The number of carbonyl (C=O) groups is 3. The number of ether oxygens (including phenoxy) is 1. The molecular formula is C34H25N3O6S. The molecule has 44 heavy (non-hydrogen) atoms. The number of anilines is 2. The summed E-state index contributed by atoms with van der Waals surface area (Å²) in [6.07, 6.45) is 1.45. The summed E-state index contributed by atoms with van der Waals surface area (Å²) in [4.78, 5) is 64.4. The Bertz CT molecular complexity index is 2110. The second kappa shape index (κ2) is 10.1. The van der Waals surface area contributed by atoms with Gasteiger partial charge in [-0.2, -0.15) is 0 Å². The largest absolute Gasteiger partial charge is 0.457 e. The van der Waals surface area contributed by atoms with Crippen molar-refractivity contribution in [2.24, 2.45) is 0 Å². The van der Waals surface area contributed by atoms with Crippen LogP contribution in [0, 0.1) is 13.8 Å². The van der Waals surface area contributed by atoms with E-state index in [9.17, 15) is 14.4 Å². The van der Waals surface area contributed by atoms with E-state index < -0.39 is 28.8 Å². The van der Waals surface area contributed by atoms with Gasteiger partial charge in [-0.05, 0) is 43.2 Å². The van der Waals surface area contributed by atoms with E-state index in [1.165, 1.54) is 11.0 Å². The zero-order chi connectivity index (χ0) is 30.7. The quantitative estimate of drug-likeness (QED) is 0.182. The highest BCUT2D eigenvalue weighted by atomic mass is 32.1. The Labute approximate surface area is 255 Å². The van der Waals surface area contributed by atoms with Crippen molar-refractivity contribution in [1.29, 1.82) is 0 Å². The molecule has 218 valence electrons. The lowest BCUT2D eigenvalue weighted by Crippen LogP contribution is -2.53. The Kier molecular flexibility index (Phi) is 6.33. The minimum Gasteiger partial charge on any atom is -0.457 e. The Morgan fingerprint density at radius 3 is 2.55 bits per heavy atom. The van der Waals surface area contributed by atoms with E-state index in [0.29, 0.717) is 16.9 Å². The molecule has 0 saturated heterocycles. The van der Waals surface area contributed by atoms with Gasteiger partial charge in [0.2, 0.25) is 5.76 Å². The molecule has 7 rings (SSSR count). The van der Waals surface area contributed by atoms with Crippen LogP contribution in [-0.4, -0.2) is 29.4 Å². The molecule has 2 aliphatic rings. The summed E-state index contributed by atoms with van der Waals surface area (Å²) in [6.45, 7) is 7.36. The number of rotatable bonds is 6. The molecule has 5 aromatic rings. The van der Waals surface area contributed by atoms with Gasteiger partial charge < -0.3 is 14.1 Å². The van der Waals surface area contributed by atoms with E-state index in [-0.39, 0.29) is 45.5 Å². The van der Waals surface area contributed by atoms with Crippen LogP contribution in [0.4, 0.5) is 10.8 Å². The number of amides is 2. The molecule has 4 heterocycles. The van der Waals surface area contributed by atoms with E-state index >= 15 is 4.79 Å². The number of thiazole rings is 1. The minimum atomic E-state index is -1.93. The Morgan fingerprint density at radius 1 is 1.02 bits per heavy atom. The third-order valence-electron chi connectivity index (χ3n) is 8.12. The second-order valence-electron chi connectivity index (χ2n) is 10.6. The van der Waals surface area contributed by atoms with Gasteiger partial charge in [-0.25, -0.2) is 9.78 Å². The normalized spacial score (nSPS) is 17.0. The van der Waals surface area contributed by atoms with Gasteiger partial charge in [-0.1, -0.05) is 78.6 Å². The number of benzene rings is 3. The predicted molar refractivity (Wildman–Crippen MR) is 166 cm³/mol. The van der Waals surface area contributed by atoms with Crippen molar-refractivity contribution in [3.8, 4) is 0 Å². The summed E-state index contributed by atoms with van der Waals surface area (Å²) < 4.78 is 11.4. The van der Waals surface area contributed by atoms with Crippen molar-refractivity contribution < 1.29 is 23.5 Å². The molecule has 2 aliphatic heterocycles. The smallest absolute Gasteiger partial charge is 0.350 e. The standard InChI is InChI=1S/C34H25N3O6S/c1-4-17-42-31(40)29-20(3)35-33(44-29)37-30(39)28-26(27(38)22-13-7-10-16-25(22)43-28)34(37)23-14-8-9-15-24(23)36(32(34)41)18-21-12-6-5-11-19(21)2/h4-16H,1,17-18H2,2-3H3. The molecular weight excluding hydrogens is 578 g/mol. The summed E-state index contributed by atoms with van der Waals surface area (Å²) in [7, 11) is 0. The number of hydrogen-bond donors (Lipinski definition) is 0. The maximum Gasteiger partial charge on any atom is 0.350 e. The highest BCUT2D eigenvalue weighted by Crippen LogP contribution is 2.55. The van der Waals surface area contributed by atoms with Crippen LogP contribution in [0.25, 0.3) is 11.0 Å². The van der Waals surface area contributed by atoms with Crippen LogP contribution in [-0.2, 0) is 21.6 Å². The van der Waals surface area contributed by atoms with Crippen molar-refractivity contribution in [2.75, 3.05) is 16.4 Å². The number of para-hydroxylation sites is 2. The zero-order valence-corrected chi connectivity index (χ0v) is 24.6. The molecule has 1 spiro atoms. The molecule has 9 nitrogen and oxygen atoms in total. The van der Waals surface area contributed by atoms with Gasteiger partial charge in [0.1, 0.15) is 17.1 Å². The SMILES string of the molecule is C=CCOC(=O)c1sc(N2C(=O)c3oc4ccccc4c(=O)c3C23C(=O)N(Cc2ccccc2C)c2ccccc23)nc1C. The van der Waals surface area contributed by atoms with Crippen molar-refractivity contribution in [3.05, 3.63) is 134 Å². The number of nitrogens with zero attached hydrogens (tertiary/aromatic N) is 3. The fraction of sp³-hybridized carbons (Fsp3) is 0.147. The summed E-state index contributed by atoms with van der Waals surface area (Å²) >= 11 is 0.916. The molecule has 0 radical (unpaired) electrons. The lowest BCUT2D eigenvalue weighted by atomic mass is 9.84. The van der Waals surface area contributed by atoms with Crippen LogP contribution in [0.15, 0.2) is 94.7 Å².